The van der Waals surface area contributed by atoms with Gasteiger partial charge in [0.15, 0.2) is 0 Å². The van der Waals surface area contributed by atoms with Crippen LogP contribution in [0.25, 0.3) is 0 Å². The lowest BCUT2D eigenvalue weighted by Crippen LogP contribution is -2.35. The number of hydrogen-bond donors (Lipinski definition) is 1. The van der Waals surface area contributed by atoms with Crippen molar-refractivity contribution in [2.45, 2.75) is 37.1 Å². The van der Waals surface area contributed by atoms with E-state index in [2.05, 4.69) is 15.9 Å². The van der Waals surface area contributed by atoms with E-state index in [1.165, 1.54) is 12.1 Å². The molecule has 116 valence electrons. The lowest BCUT2D eigenvalue weighted by molar-refractivity contribution is 0.0733. The second-order valence-electron chi connectivity index (χ2n) is 5.01. The number of halogens is 2. The van der Waals surface area contributed by atoms with Crippen molar-refractivity contribution in [1.29, 1.82) is 0 Å². The standard InChI is InChI=1S/C13H16BrClN2O3S/c1-2-9-4-3-5-17(9)13(18)10-6-8(14)7-11(12(10)15)21(16,19)20/h6-7,9H,2-5H2,1H3,(H2,16,19,20). The van der Waals surface area contributed by atoms with E-state index in [1.807, 2.05) is 6.92 Å². The molecule has 0 radical (unpaired) electrons. The monoisotopic (exact) mass is 394 g/mol. The van der Waals surface area contributed by atoms with Gasteiger partial charge >= 0.3 is 0 Å². The van der Waals surface area contributed by atoms with E-state index < -0.39 is 10.0 Å². The molecule has 1 aliphatic heterocycles. The van der Waals surface area contributed by atoms with Gasteiger partial charge in [-0.1, -0.05) is 34.5 Å². The van der Waals surface area contributed by atoms with Crippen LogP contribution in [0, 0.1) is 0 Å². The van der Waals surface area contributed by atoms with Gasteiger partial charge in [0.2, 0.25) is 10.0 Å². The van der Waals surface area contributed by atoms with Gasteiger partial charge in [0, 0.05) is 17.1 Å². The molecule has 0 aliphatic carbocycles. The third kappa shape index (κ3) is 3.41. The van der Waals surface area contributed by atoms with Crippen molar-refractivity contribution >= 4 is 43.5 Å². The van der Waals surface area contributed by atoms with Crippen LogP contribution in [-0.2, 0) is 10.0 Å². The Kier molecular flexibility index (Phi) is 4.97. The Morgan fingerprint density at radius 2 is 2.19 bits per heavy atom. The Hall–Kier alpha value is -0.630. The summed E-state index contributed by atoms with van der Waals surface area (Å²) in [6.45, 7) is 2.68. The fraction of sp³-hybridized carbons (Fsp3) is 0.462. The van der Waals surface area contributed by atoms with Crippen LogP contribution >= 0.6 is 27.5 Å². The maximum Gasteiger partial charge on any atom is 0.255 e. The predicted octanol–water partition coefficient (Wildman–Crippen LogP) is 2.76. The summed E-state index contributed by atoms with van der Waals surface area (Å²) in [6, 6.07) is 3.01. The molecule has 1 atom stereocenters. The van der Waals surface area contributed by atoms with Crippen molar-refractivity contribution in [3.63, 3.8) is 0 Å². The average Bonchev–Trinajstić information content (AvgIpc) is 2.87. The van der Waals surface area contributed by atoms with E-state index in [0.717, 1.165) is 19.3 Å². The highest BCUT2D eigenvalue weighted by Gasteiger charge is 2.31. The molecule has 1 aromatic carbocycles. The number of nitrogens with two attached hydrogens (primary N) is 1. The zero-order chi connectivity index (χ0) is 15.8. The first kappa shape index (κ1) is 16.7. The number of sulfonamides is 1. The highest BCUT2D eigenvalue weighted by molar-refractivity contribution is 9.10. The van der Waals surface area contributed by atoms with Crippen LogP contribution in [0.5, 0.6) is 0 Å². The summed E-state index contributed by atoms with van der Waals surface area (Å²) in [5.74, 6) is -0.254. The number of rotatable bonds is 3. The molecule has 1 unspecified atom stereocenters. The molecule has 5 nitrogen and oxygen atoms in total. The zero-order valence-electron chi connectivity index (χ0n) is 11.5. The number of carbonyl (C=O) groups excluding carboxylic acids is 1. The third-order valence-electron chi connectivity index (χ3n) is 3.65. The Labute approximate surface area is 137 Å². The highest BCUT2D eigenvalue weighted by atomic mass is 79.9. The number of likely N-dealkylation sites (tertiary alicyclic amines) is 1. The number of amides is 1. The topological polar surface area (TPSA) is 80.5 Å². The minimum absolute atomic E-state index is 0.118. The molecule has 1 aliphatic rings. The molecular weight excluding hydrogens is 380 g/mol. The summed E-state index contributed by atoms with van der Waals surface area (Å²) in [7, 11) is -3.99. The van der Waals surface area contributed by atoms with Crippen molar-refractivity contribution in [2.24, 2.45) is 5.14 Å². The van der Waals surface area contributed by atoms with Crippen molar-refractivity contribution < 1.29 is 13.2 Å². The quantitative estimate of drug-likeness (QED) is 0.854. The Morgan fingerprint density at radius 1 is 1.52 bits per heavy atom. The molecule has 0 spiro atoms. The van der Waals surface area contributed by atoms with Gasteiger partial charge < -0.3 is 4.90 Å². The van der Waals surface area contributed by atoms with Crippen LogP contribution in [0.3, 0.4) is 0 Å². The summed E-state index contributed by atoms with van der Waals surface area (Å²) >= 11 is 9.30. The summed E-state index contributed by atoms with van der Waals surface area (Å²) in [5, 5.41) is 5.03. The second kappa shape index (κ2) is 6.24. The van der Waals surface area contributed by atoms with Gasteiger partial charge in [-0.15, -0.1) is 0 Å². The zero-order valence-corrected chi connectivity index (χ0v) is 14.6. The summed E-state index contributed by atoms with van der Waals surface area (Å²) in [6.07, 6.45) is 2.76. The van der Waals surface area contributed by atoms with Crippen molar-refractivity contribution in [3.8, 4) is 0 Å². The van der Waals surface area contributed by atoms with Crippen LogP contribution in [0.15, 0.2) is 21.5 Å². The van der Waals surface area contributed by atoms with Crippen LogP contribution in [0.1, 0.15) is 36.5 Å². The average molecular weight is 396 g/mol. The fourth-order valence-corrected chi connectivity index (χ4v) is 4.38. The first-order chi connectivity index (χ1) is 9.75. The van der Waals surface area contributed by atoms with Crippen molar-refractivity contribution in [2.75, 3.05) is 6.54 Å². The van der Waals surface area contributed by atoms with Gasteiger partial charge in [-0.25, -0.2) is 13.6 Å². The fourth-order valence-electron chi connectivity index (χ4n) is 2.61. The minimum Gasteiger partial charge on any atom is -0.336 e. The summed E-state index contributed by atoms with van der Waals surface area (Å²) in [4.78, 5) is 14.2. The van der Waals surface area contributed by atoms with E-state index in [4.69, 9.17) is 16.7 Å². The summed E-state index contributed by atoms with van der Waals surface area (Å²) < 4.78 is 23.6. The number of primary sulfonamides is 1. The molecule has 21 heavy (non-hydrogen) atoms. The molecule has 1 aromatic rings. The SMILES string of the molecule is CCC1CCCN1C(=O)c1cc(Br)cc(S(N)(=O)=O)c1Cl. The molecule has 1 fully saturated rings. The van der Waals surface area contributed by atoms with E-state index in [0.29, 0.717) is 11.0 Å². The van der Waals surface area contributed by atoms with Crippen molar-refractivity contribution in [1.82, 2.24) is 4.90 Å². The Bertz CT molecular complexity index is 678. The van der Waals surface area contributed by atoms with Gasteiger partial charge in [-0.05, 0) is 31.4 Å². The first-order valence-corrected chi connectivity index (χ1v) is 9.30. The van der Waals surface area contributed by atoms with Crippen LogP contribution in [0.2, 0.25) is 5.02 Å². The smallest absolute Gasteiger partial charge is 0.255 e. The Morgan fingerprint density at radius 3 is 2.76 bits per heavy atom. The Balaban J connectivity index is 2.49. The van der Waals surface area contributed by atoms with Crippen LogP contribution in [-0.4, -0.2) is 31.8 Å². The van der Waals surface area contributed by atoms with E-state index in [-0.39, 0.29) is 27.4 Å². The number of nitrogens with zero attached hydrogens (tertiary/aromatic N) is 1. The normalized spacial score (nSPS) is 19.0. The summed E-state index contributed by atoms with van der Waals surface area (Å²) in [5.41, 5.74) is 0.162. The lowest BCUT2D eigenvalue weighted by atomic mass is 10.1. The van der Waals surface area contributed by atoms with Gasteiger partial charge in [0.25, 0.3) is 5.91 Å². The molecule has 1 heterocycles. The molecule has 1 saturated heterocycles. The van der Waals surface area contributed by atoms with Crippen molar-refractivity contribution in [3.05, 3.63) is 27.2 Å². The molecule has 2 rings (SSSR count). The molecule has 0 bridgehead atoms. The third-order valence-corrected chi connectivity index (χ3v) is 5.56. The van der Waals surface area contributed by atoms with E-state index in [1.54, 1.807) is 4.90 Å². The van der Waals surface area contributed by atoms with Crippen LogP contribution < -0.4 is 5.14 Å². The van der Waals surface area contributed by atoms with Crippen LogP contribution in [0.4, 0.5) is 0 Å². The lowest BCUT2D eigenvalue weighted by Gasteiger charge is -2.24. The molecule has 1 amide bonds. The highest BCUT2D eigenvalue weighted by Crippen LogP contribution is 2.32. The first-order valence-electron chi connectivity index (χ1n) is 6.58. The molecule has 2 N–H and O–H groups in total. The number of hydrogen-bond acceptors (Lipinski definition) is 3. The second-order valence-corrected chi connectivity index (χ2v) is 7.84. The van der Waals surface area contributed by atoms with E-state index in [9.17, 15) is 13.2 Å². The maximum atomic E-state index is 12.7. The molecule has 0 aromatic heterocycles. The number of benzene rings is 1. The van der Waals surface area contributed by atoms with Gasteiger partial charge in [-0.3, -0.25) is 4.79 Å². The molecular formula is C13H16BrClN2O3S. The number of carbonyl (C=O) groups is 1. The van der Waals surface area contributed by atoms with Gasteiger partial charge in [-0.2, -0.15) is 0 Å². The van der Waals surface area contributed by atoms with E-state index >= 15 is 0 Å². The largest absolute Gasteiger partial charge is 0.336 e. The maximum absolute atomic E-state index is 12.7. The minimum atomic E-state index is -3.99. The molecule has 0 saturated carbocycles. The van der Waals surface area contributed by atoms with Gasteiger partial charge in [0.1, 0.15) is 4.90 Å². The predicted molar refractivity (Wildman–Crippen MR) is 84.9 cm³/mol. The van der Waals surface area contributed by atoms with Gasteiger partial charge in [0.05, 0.1) is 10.6 Å². The molecule has 8 heteroatoms.